The molecular weight excluding hydrogens is 218 g/mol. The number of aromatic nitrogens is 4. The smallest absolute Gasteiger partial charge is 0.258 e. The molecule has 0 bridgehead atoms. The minimum Gasteiger partial charge on any atom is -0.304 e. The molecule has 0 aliphatic rings. The van der Waals surface area contributed by atoms with E-state index in [4.69, 9.17) is 0 Å². The molecule has 2 aromatic heterocycles. The van der Waals surface area contributed by atoms with Crippen molar-refractivity contribution in [2.75, 3.05) is 5.32 Å². The van der Waals surface area contributed by atoms with Gasteiger partial charge in [-0.2, -0.15) is 9.90 Å². The number of pyridine rings is 1. The maximum absolute atomic E-state index is 11.8. The van der Waals surface area contributed by atoms with Gasteiger partial charge >= 0.3 is 0 Å². The first-order valence-corrected chi connectivity index (χ1v) is 5.30. The number of rotatable bonds is 3. The summed E-state index contributed by atoms with van der Waals surface area (Å²) in [6.07, 6.45) is 4.64. The van der Waals surface area contributed by atoms with E-state index < -0.39 is 0 Å². The molecule has 0 aliphatic carbocycles. The number of carbonyl (C=O) groups excluding carboxylic acids is 1. The maximum Gasteiger partial charge on any atom is 0.258 e. The molecular formula is C11H13N5O. The van der Waals surface area contributed by atoms with E-state index in [1.807, 2.05) is 13.8 Å². The normalized spacial score (nSPS) is 10.5. The van der Waals surface area contributed by atoms with Crippen LogP contribution in [0.3, 0.4) is 0 Å². The second kappa shape index (κ2) is 4.73. The number of hydrogen-bond donors (Lipinski definition) is 1. The van der Waals surface area contributed by atoms with Crippen molar-refractivity contribution < 1.29 is 4.79 Å². The zero-order valence-corrected chi connectivity index (χ0v) is 9.66. The van der Waals surface area contributed by atoms with Crippen LogP contribution < -0.4 is 5.32 Å². The number of nitrogens with zero attached hydrogens (tertiary/aromatic N) is 4. The summed E-state index contributed by atoms with van der Waals surface area (Å²) < 4.78 is 0. The molecule has 6 nitrogen and oxygen atoms in total. The molecule has 2 aromatic rings. The minimum absolute atomic E-state index is 0.166. The molecule has 0 atom stereocenters. The lowest BCUT2D eigenvalue weighted by atomic mass is 10.3. The van der Waals surface area contributed by atoms with Gasteiger partial charge in [0.15, 0.2) is 5.82 Å². The highest BCUT2D eigenvalue weighted by Crippen LogP contribution is 2.06. The third-order valence-corrected chi connectivity index (χ3v) is 2.14. The van der Waals surface area contributed by atoms with Crippen LogP contribution in [0.2, 0.25) is 0 Å². The fourth-order valence-electron chi connectivity index (χ4n) is 1.27. The summed E-state index contributed by atoms with van der Waals surface area (Å²) in [5.41, 5.74) is 0.492. The molecule has 6 heteroatoms. The predicted octanol–water partition coefficient (Wildman–Crippen LogP) is 1.51. The van der Waals surface area contributed by atoms with Crippen molar-refractivity contribution >= 4 is 11.7 Å². The molecule has 0 fully saturated rings. The van der Waals surface area contributed by atoms with E-state index in [2.05, 4.69) is 20.5 Å². The zero-order valence-electron chi connectivity index (χ0n) is 9.66. The van der Waals surface area contributed by atoms with Crippen molar-refractivity contribution in [1.82, 2.24) is 20.0 Å². The van der Waals surface area contributed by atoms with E-state index >= 15 is 0 Å². The quantitative estimate of drug-likeness (QED) is 0.868. The minimum atomic E-state index is -0.242. The SMILES string of the molecule is CC(C)n1ncc(NC(=O)c2cccnc2)n1. The van der Waals surface area contributed by atoms with Crippen LogP contribution in [-0.2, 0) is 0 Å². The third kappa shape index (κ3) is 2.66. The standard InChI is InChI=1S/C11H13N5O/c1-8(2)16-13-7-10(15-16)14-11(17)9-4-3-5-12-6-9/h3-8H,1-2H3,(H,14,15,17). The first kappa shape index (κ1) is 11.3. The molecule has 0 aromatic carbocycles. The number of amides is 1. The molecule has 1 amide bonds. The first-order chi connectivity index (χ1) is 8.16. The summed E-state index contributed by atoms with van der Waals surface area (Å²) >= 11 is 0. The van der Waals surface area contributed by atoms with Crippen molar-refractivity contribution in [3.8, 4) is 0 Å². The van der Waals surface area contributed by atoms with Gasteiger partial charge in [0, 0.05) is 12.4 Å². The summed E-state index contributed by atoms with van der Waals surface area (Å²) in [5, 5.41) is 10.8. The average Bonchev–Trinajstić information content (AvgIpc) is 2.79. The summed E-state index contributed by atoms with van der Waals surface area (Å²) in [6.45, 7) is 3.93. The topological polar surface area (TPSA) is 72.7 Å². The molecule has 0 spiro atoms. The lowest BCUT2D eigenvalue weighted by Crippen LogP contribution is -2.13. The van der Waals surface area contributed by atoms with Gasteiger partial charge in [-0.3, -0.25) is 9.78 Å². The highest BCUT2D eigenvalue weighted by atomic mass is 16.1. The van der Waals surface area contributed by atoms with Crippen molar-refractivity contribution in [3.63, 3.8) is 0 Å². The van der Waals surface area contributed by atoms with Crippen LogP contribution in [0.15, 0.2) is 30.7 Å². The summed E-state index contributed by atoms with van der Waals surface area (Å²) in [5.74, 6) is 0.196. The summed E-state index contributed by atoms with van der Waals surface area (Å²) in [7, 11) is 0. The molecule has 2 heterocycles. The van der Waals surface area contributed by atoms with Gasteiger partial charge in [-0.25, -0.2) is 0 Å². The van der Waals surface area contributed by atoms with Crippen LogP contribution in [0.25, 0.3) is 0 Å². The van der Waals surface area contributed by atoms with Gasteiger partial charge in [0.25, 0.3) is 5.91 Å². The van der Waals surface area contributed by atoms with Crippen LogP contribution in [0.5, 0.6) is 0 Å². The fourth-order valence-corrected chi connectivity index (χ4v) is 1.27. The first-order valence-electron chi connectivity index (χ1n) is 5.30. The Morgan fingerprint density at radius 2 is 2.24 bits per heavy atom. The Labute approximate surface area is 98.7 Å². The summed E-state index contributed by atoms with van der Waals surface area (Å²) in [6, 6.07) is 3.56. The number of nitrogens with one attached hydrogen (secondary N) is 1. The second-order valence-electron chi connectivity index (χ2n) is 3.84. The van der Waals surface area contributed by atoms with E-state index in [-0.39, 0.29) is 11.9 Å². The van der Waals surface area contributed by atoms with Crippen molar-refractivity contribution in [2.24, 2.45) is 0 Å². The van der Waals surface area contributed by atoms with Gasteiger partial charge in [0.05, 0.1) is 17.8 Å². The Hall–Kier alpha value is -2.24. The fraction of sp³-hybridized carbons (Fsp3) is 0.273. The Morgan fingerprint density at radius 1 is 1.41 bits per heavy atom. The Bertz CT molecular complexity index is 506. The van der Waals surface area contributed by atoms with Crippen LogP contribution in [0.1, 0.15) is 30.2 Å². The van der Waals surface area contributed by atoms with Gasteiger partial charge in [-0.05, 0) is 26.0 Å². The number of anilines is 1. The van der Waals surface area contributed by atoms with Gasteiger partial charge < -0.3 is 5.32 Å². The molecule has 0 radical (unpaired) electrons. The van der Waals surface area contributed by atoms with E-state index in [1.54, 1.807) is 23.1 Å². The lowest BCUT2D eigenvalue weighted by Gasteiger charge is -2.02. The van der Waals surface area contributed by atoms with E-state index in [0.29, 0.717) is 11.4 Å². The Kier molecular flexibility index (Phi) is 3.13. The van der Waals surface area contributed by atoms with Crippen molar-refractivity contribution in [3.05, 3.63) is 36.3 Å². The molecule has 88 valence electrons. The second-order valence-corrected chi connectivity index (χ2v) is 3.84. The van der Waals surface area contributed by atoms with E-state index in [9.17, 15) is 4.79 Å². The number of carbonyl (C=O) groups is 1. The van der Waals surface area contributed by atoms with Crippen LogP contribution in [0.4, 0.5) is 5.82 Å². The van der Waals surface area contributed by atoms with E-state index in [0.717, 1.165) is 0 Å². The molecule has 1 N–H and O–H groups in total. The average molecular weight is 231 g/mol. The zero-order chi connectivity index (χ0) is 12.3. The van der Waals surface area contributed by atoms with Gasteiger partial charge in [0.2, 0.25) is 0 Å². The van der Waals surface area contributed by atoms with Crippen LogP contribution >= 0.6 is 0 Å². The third-order valence-electron chi connectivity index (χ3n) is 2.14. The number of hydrogen-bond acceptors (Lipinski definition) is 4. The maximum atomic E-state index is 11.8. The lowest BCUT2D eigenvalue weighted by molar-refractivity contribution is 0.102. The highest BCUT2D eigenvalue weighted by Gasteiger charge is 2.09. The van der Waals surface area contributed by atoms with Crippen molar-refractivity contribution in [1.29, 1.82) is 0 Å². The van der Waals surface area contributed by atoms with Crippen molar-refractivity contribution in [2.45, 2.75) is 19.9 Å². The molecule has 2 rings (SSSR count). The molecule has 0 saturated carbocycles. The molecule has 0 saturated heterocycles. The van der Waals surface area contributed by atoms with Crippen LogP contribution in [0, 0.1) is 0 Å². The molecule has 0 aliphatic heterocycles. The van der Waals surface area contributed by atoms with Gasteiger partial charge in [0.1, 0.15) is 0 Å². The predicted molar refractivity (Wildman–Crippen MR) is 62.6 cm³/mol. The Morgan fingerprint density at radius 3 is 2.82 bits per heavy atom. The van der Waals surface area contributed by atoms with Crippen LogP contribution in [-0.4, -0.2) is 25.9 Å². The molecule has 0 unspecified atom stereocenters. The highest BCUT2D eigenvalue weighted by molar-refractivity contribution is 6.03. The van der Waals surface area contributed by atoms with E-state index in [1.165, 1.54) is 12.4 Å². The molecule has 17 heavy (non-hydrogen) atoms. The monoisotopic (exact) mass is 231 g/mol. The largest absolute Gasteiger partial charge is 0.304 e. The van der Waals surface area contributed by atoms with Gasteiger partial charge in [-0.15, -0.1) is 5.10 Å². The van der Waals surface area contributed by atoms with Gasteiger partial charge in [-0.1, -0.05) is 0 Å². The summed E-state index contributed by atoms with van der Waals surface area (Å²) in [4.78, 5) is 17.2. The Balaban J connectivity index is 2.08.